The van der Waals surface area contributed by atoms with Crippen LogP contribution in [0.3, 0.4) is 0 Å². The minimum Gasteiger partial charge on any atom is -0.351 e. The zero-order chi connectivity index (χ0) is 9.68. The standard InChI is InChI=1S/C9H9Cl2NO/c10-5-9(13)12-6-7-1-3-8(11)4-2-7/h1-4H,5-6H2,(H,12,13). The van der Waals surface area contributed by atoms with E-state index >= 15 is 0 Å². The number of hydrogen-bond donors (Lipinski definition) is 1. The van der Waals surface area contributed by atoms with E-state index in [1.54, 1.807) is 12.1 Å². The lowest BCUT2D eigenvalue weighted by Gasteiger charge is -2.02. The molecule has 0 heterocycles. The molecule has 0 saturated carbocycles. The molecule has 70 valence electrons. The maximum atomic E-state index is 10.8. The first-order valence-corrected chi connectivity index (χ1v) is 4.70. The van der Waals surface area contributed by atoms with Gasteiger partial charge >= 0.3 is 0 Å². The molecule has 13 heavy (non-hydrogen) atoms. The zero-order valence-corrected chi connectivity index (χ0v) is 8.40. The number of carbonyl (C=O) groups is 1. The van der Waals surface area contributed by atoms with Gasteiger partial charge in [0.2, 0.25) is 5.91 Å². The van der Waals surface area contributed by atoms with Gasteiger partial charge in [0.05, 0.1) is 0 Å². The summed E-state index contributed by atoms with van der Waals surface area (Å²) in [6, 6.07) is 7.28. The fourth-order valence-corrected chi connectivity index (χ4v) is 1.07. The highest BCUT2D eigenvalue weighted by atomic mass is 35.5. The van der Waals surface area contributed by atoms with Crippen molar-refractivity contribution in [1.29, 1.82) is 0 Å². The van der Waals surface area contributed by atoms with Crippen molar-refractivity contribution in [2.24, 2.45) is 0 Å². The molecule has 0 bridgehead atoms. The third-order valence-electron chi connectivity index (χ3n) is 1.52. The summed E-state index contributed by atoms with van der Waals surface area (Å²) in [6.07, 6.45) is 0. The topological polar surface area (TPSA) is 29.1 Å². The number of halogens is 2. The minimum atomic E-state index is -0.170. The Bertz CT molecular complexity index is 284. The van der Waals surface area contributed by atoms with Crippen molar-refractivity contribution in [3.8, 4) is 0 Å². The van der Waals surface area contributed by atoms with Crippen LogP contribution in [0.1, 0.15) is 5.56 Å². The van der Waals surface area contributed by atoms with Gasteiger partial charge in [-0.3, -0.25) is 4.79 Å². The van der Waals surface area contributed by atoms with Gasteiger partial charge < -0.3 is 5.32 Å². The van der Waals surface area contributed by atoms with Gasteiger partial charge in [-0.2, -0.15) is 0 Å². The molecule has 0 radical (unpaired) electrons. The Labute approximate surface area is 86.8 Å². The fourth-order valence-electron chi connectivity index (χ4n) is 0.850. The van der Waals surface area contributed by atoms with Crippen LogP contribution in [0, 0.1) is 0 Å². The molecule has 4 heteroatoms. The Morgan fingerprint density at radius 2 is 1.92 bits per heavy atom. The molecular formula is C9H9Cl2NO. The average Bonchev–Trinajstić information content (AvgIpc) is 2.16. The van der Waals surface area contributed by atoms with Crippen molar-refractivity contribution in [3.63, 3.8) is 0 Å². The second-order valence-electron chi connectivity index (χ2n) is 2.54. The largest absolute Gasteiger partial charge is 0.351 e. The number of carbonyl (C=O) groups excluding carboxylic acids is 1. The van der Waals surface area contributed by atoms with Gasteiger partial charge in [0.15, 0.2) is 0 Å². The van der Waals surface area contributed by atoms with Gasteiger partial charge in [-0.1, -0.05) is 23.7 Å². The van der Waals surface area contributed by atoms with Gasteiger partial charge in [0, 0.05) is 11.6 Å². The summed E-state index contributed by atoms with van der Waals surface area (Å²) >= 11 is 11.0. The van der Waals surface area contributed by atoms with Crippen LogP contribution >= 0.6 is 23.2 Å². The van der Waals surface area contributed by atoms with Crippen LogP contribution in [0.15, 0.2) is 24.3 Å². The van der Waals surface area contributed by atoms with Crippen LogP contribution in [-0.2, 0) is 11.3 Å². The number of rotatable bonds is 3. The summed E-state index contributed by atoms with van der Waals surface area (Å²) in [5.41, 5.74) is 1.00. The highest BCUT2D eigenvalue weighted by Gasteiger charge is 1.97. The van der Waals surface area contributed by atoms with E-state index in [0.717, 1.165) is 5.56 Å². The van der Waals surface area contributed by atoms with E-state index < -0.39 is 0 Å². The second-order valence-corrected chi connectivity index (χ2v) is 3.24. The van der Waals surface area contributed by atoms with Crippen LogP contribution in [0.5, 0.6) is 0 Å². The first kappa shape index (κ1) is 10.4. The summed E-state index contributed by atoms with van der Waals surface area (Å²) in [7, 11) is 0. The van der Waals surface area contributed by atoms with Crippen molar-refractivity contribution in [3.05, 3.63) is 34.9 Å². The molecule has 0 aromatic heterocycles. The molecule has 1 N–H and O–H groups in total. The number of nitrogens with one attached hydrogen (secondary N) is 1. The predicted octanol–water partition coefficient (Wildman–Crippen LogP) is 2.20. The molecule has 1 rings (SSSR count). The van der Waals surface area contributed by atoms with E-state index in [2.05, 4.69) is 5.32 Å². The molecular weight excluding hydrogens is 209 g/mol. The van der Waals surface area contributed by atoms with Gasteiger partial charge in [-0.15, -0.1) is 11.6 Å². The molecule has 1 aromatic carbocycles. The summed E-state index contributed by atoms with van der Waals surface area (Å²) in [5.74, 6) is -0.176. The maximum absolute atomic E-state index is 10.8. The number of alkyl halides is 1. The molecule has 0 unspecified atom stereocenters. The number of benzene rings is 1. The monoisotopic (exact) mass is 217 g/mol. The first-order valence-electron chi connectivity index (χ1n) is 3.79. The van der Waals surface area contributed by atoms with E-state index in [-0.39, 0.29) is 11.8 Å². The maximum Gasteiger partial charge on any atom is 0.235 e. The Morgan fingerprint density at radius 3 is 2.46 bits per heavy atom. The van der Waals surface area contributed by atoms with E-state index in [1.807, 2.05) is 12.1 Å². The Balaban J connectivity index is 2.46. The number of hydrogen-bond acceptors (Lipinski definition) is 1. The van der Waals surface area contributed by atoms with Gasteiger partial charge in [-0.05, 0) is 17.7 Å². The highest BCUT2D eigenvalue weighted by Crippen LogP contribution is 2.08. The molecule has 0 spiro atoms. The SMILES string of the molecule is O=C(CCl)NCc1ccc(Cl)cc1. The van der Waals surface area contributed by atoms with Crippen molar-refractivity contribution in [2.45, 2.75) is 6.54 Å². The van der Waals surface area contributed by atoms with Crippen molar-refractivity contribution in [2.75, 3.05) is 5.88 Å². The Kier molecular flexibility index (Phi) is 4.06. The molecule has 0 aliphatic rings. The van der Waals surface area contributed by atoms with Crippen molar-refractivity contribution >= 4 is 29.1 Å². The third kappa shape index (κ3) is 3.66. The van der Waals surface area contributed by atoms with E-state index in [4.69, 9.17) is 23.2 Å². The third-order valence-corrected chi connectivity index (χ3v) is 2.02. The normalized spacial score (nSPS) is 9.69. The van der Waals surface area contributed by atoms with Crippen LogP contribution < -0.4 is 5.32 Å². The van der Waals surface area contributed by atoms with Crippen LogP contribution in [-0.4, -0.2) is 11.8 Å². The van der Waals surface area contributed by atoms with E-state index in [1.165, 1.54) is 0 Å². The zero-order valence-electron chi connectivity index (χ0n) is 6.89. The fraction of sp³-hybridized carbons (Fsp3) is 0.222. The lowest BCUT2D eigenvalue weighted by molar-refractivity contribution is -0.118. The van der Waals surface area contributed by atoms with Crippen molar-refractivity contribution < 1.29 is 4.79 Å². The summed E-state index contributed by atoms with van der Waals surface area (Å²) in [6.45, 7) is 0.489. The molecule has 0 fully saturated rings. The summed E-state index contributed by atoms with van der Waals surface area (Å²) in [5, 5.41) is 3.34. The van der Waals surface area contributed by atoms with Gasteiger partial charge in [0.1, 0.15) is 5.88 Å². The Hall–Kier alpha value is -0.730. The van der Waals surface area contributed by atoms with E-state index in [0.29, 0.717) is 11.6 Å². The molecule has 0 atom stereocenters. The molecule has 2 nitrogen and oxygen atoms in total. The summed E-state index contributed by atoms with van der Waals surface area (Å²) in [4.78, 5) is 10.8. The molecule has 0 saturated heterocycles. The first-order chi connectivity index (χ1) is 6.22. The predicted molar refractivity (Wildman–Crippen MR) is 54.0 cm³/mol. The smallest absolute Gasteiger partial charge is 0.235 e. The minimum absolute atomic E-state index is 0.00636. The molecule has 0 aliphatic carbocycles. The second kappa shape index (κ2) is 5.10. The Morgan fingerprint density at radius 1 is 1.31 bits per heavy atom. The van der Waals surface area contributed by atoms with Gasteiger partial charge in [-0.25, -0.2) is 0 Å². The molecule has 1 aromatic rings. The van der Waals surface area contributed by atoms with Crippen molar-refractivity contribution in [1.82, 2.24) is 5.32 Å². The summed E-state index contributed by atoms with van der Waals surface area (Å²) < 4.78 is 0. The lowest BCUT2D eigenvalue weighted by Crippen LogP contribution is -2.23. The quantitative estimate of drug-likeness (QED) is 0.774. The lowest BCUT2D eigenvalue weighted by atomic mass is 10.2. The molecule has 0 aliphatic heterocycles. The van der Waals surface area contributed by atoms with E-state index in [9.17, 15) is 4.79 Å². The molecule has 1 amide bonds. The van der Waals surface area contributed by atoms with Crippen LogP contribution in [0.4, 0.5) is 0 Å². The number of amides is 1. The van der Waals surface area contributed by atoms with Crippen LogP contribution in [0.25, 0.3) is 0 Å². The van der Waals surface area contributed by atoms with Gasteiger partial charge in [0.25, 0.3) is 0 Å². The average molecular weight is 218 g/mol. The highest BCUT2D eigenvalue weighted by molar-refractivity contribution is 6.30. The van der Waals surface area contributed by atoms with Crippen LogP contribution in [0.2, 0.25) is 5.02 Å².